The van der Waals surface area contributed by atoms with Crippen molar-refractivity contribution in [2.24, 2.45) is 0 Å². The second kappa shape index (κ2) is 8.07. The maximum Gasteiger partial charge on any atom is 0.329 e. The molecule has 0 spiro atoms. The van der Waals surface area contributed by atoms with Crippen LogP contribution in [0.15, 0.2) is 0 Å². The first-order chi connectivity index (χ1) is 8.31. The van der Waals surface area contributed by atoms with Crippen LogP contribution in [0.1, 0.15) is 33.1 Å². The highest BCUT2D eigenvalue weighted by molar-refractivity contribution is 7.84. The lowest BCUT2D eigenvalue weighted by Gasteiger charge is -2.25. The average Bonchev–Trinajstić information content (AvgIpc) is 2.24. The van der Waals surface area contributed by atoms with Crippen LogP contribution in [0.2, 0.25) is 0 Å². The molecule has 0 aromatic heterocycles. The van der Waals surface area contributed by atoms with Crippen LogP contribution in [0.4, 0.5) is 4.79 Å². The molecule has 0 bridgehead atoms. The van der Waals surface area contributed by atoms with Crippen LogP contribution in [0.25, 0.3) is 0 Å². The third-order valence-corrected chi connectivity index (χ3v) is 3.37. The van der Waals surface area contributed by atoms with Gasteiger partial charge in [0, 0.05) is 29.4 Å². The van der Waals surface area contributed by atoms with E-state index >= 15 is 0 Å². The summed E-state index contributed by atoms with van der Waals surface area (Å²) in [5.41, 5.74) is -1.24. The van der Waals surface area contributed by atoms with E-state index in [2.05, 4.69) is 10.6 Å². The van der Waals surface area contributed by atoms with Gasteiger partial charge in [0.25, 0.3) is 0 Å². The molecule has 0 aromatic rings. The second-order valence-corrected chi connectivity index (χ2v) is 5.95. The normalized spacial score (nSPS) is 15.5. The molecule has 0 aromatic carbocycles. The molecule has 0 aliphatic heterocycles. The predicted molar refractivity (Wildman–Crippen MR) is 71.0 cm³/mol. The van der Waals surface area contributed by atoms with Gasteiger partial charge in [-0.2, -0.15) is 0 Å². The van der Waals surface area contributed by atoms with Crippen molar-refractivity contribution < 1.29 is 18.9 Å². The Labute approximate surface area is 110 Å². The number of carbonyl (C=O) groups excluding carboxylic acids is 1. The Balaban J connectivity index is 4.11. The van der Waals surface area contributed by atoms with Crippen molar-refractivity contribution in [2.45, 2.75) is 38.6 Å². The van der Waals surface area contributed by atoms with Crippen LogP contribution in [0.5, 0.6) is 0 Å². The van der Waals surface area contributed by atoms with Crippen molar-refractivity contribution >= 4 is 22.8 Å². The lowest BCUT2D eigenvalue weighted by atomic mass is 9.97. The molecule has 2 amide bonds. The number of nitrogens with one attached hydrogen (secondary N) is 2. The van der Waals surface area contributed by atoms with Crippen molar-refractivity contribution in [1.29, 1.82) is 0 Å². The molecule has 6 nitrogen and oxygen atoms in total. The second-order valence-electron chi connectivity index (χ2n) is 4.40. The Bertz CT molecular complexity index is 322. The standard InChI is InChI=1S/C11H22N2O4S/c1-4-6-11(2,9(14)15)13-10(16)12-7-5-8-18(3)17/h4-8H2,1-3H3,(H,14,15)(H2,12,13,16). The van der Waals surface area contributed by atoms with E-state index in [1.165, 1.54) is 6.92 Å². The van der Waals surface area contributed by atoms with Gasteiger partial charge < -0.3 is 15.7 Å². The molecule has 3 N–H and O–H groups in total. The van der Waals surface area contributed by atoms with Gasteiger partial charge in [-0.1, -0.05) is 13.3 Å². The number of hydrogen-bond acceptors (Lipinski definition) is 3. The number of hydrogen-bond donors (Lipinski definition) is 3. The zero-order valence-electron chi connectivity index (χ0n) is 11.1. The predicted octanol–water partition coefficient (Wildman–Crippen LogP) is 0.698. The van der Waals surface area contributed by atoms with Crippen molar-refractivity contribution in [3.63, 3.8) is 0 Å². The summed E-state index contributed by atoms with van der Waals surface area (Å²) in [7, 11) is -0.875. The highest BCUT2D eigenvalue weighted by atomic mass is 32.2. The van der Waals surface area contributed by atoms with Gasteiger partial charge in [-0.05, 0) is 19.8 Å². The van der Waals surface area contributed by atoms with Crippen molar-refractivity contribution in [3.05, 3.63) is 0 Å². The van der Waals surface area contributed by atoms with Crippen LogP contribution >= 0.6 is 0 Å². The fourth-order valence-corrected chi connectivity index (χ4v) is 2.05. The summed E-state index contributed by atoms with van der Waals surface area (Å²) in [5, 5.41) is 14.1. The summed E-state index contributed by atoms with van der Waals surface area (Å²) in [6, 6.07) is -0.504. The summed E-state index contributed by atoms with van der Waals surface area (Å²) in [4.78, 5) is 22.6. The topological polar surface area (TPSA) is 95.5 Å². The van der Waals surface area contributed by atoms with E-state index < -0.39 is 28.3 Å². The first kappa shape index (κ1) is 16.9. The van der Waals surface area contributed by atoms with Gasteiger partial charge in [0.1, 0.15) is 5.54 Å². The highest BCUT2D eigenvalue weighted by Crippen LogP contribution is 2.12. The summed E-state index contributed by atoms with van der Waals surface area (Å²) < 4.78 is 10.8. The molecule has 2 atom stereocenters. The van der Waals surface area contributed by atoms with Crippen LogP contribution in [-0.2, 0) is 15.6 Å². The van der Waals surface area contributed by atoms with Crippen molar-refractivity contribution in [2.75, 3.05) is 18.6 Å². The molecule has 0 fully saturated rings. The van der Waals surface area contributed by atoms with Gasteiger partial charge >= 0.3 is 12.0 Å². The first-order valence-corrected chi connectivity index (χ1v) is 7.64. The van der Waals surface area contributed by atoms with Gasteiger partial charge in [-0.15, -0.1) is 0 Å². The Morgan fingerprint density at radius 3 is 2.44 bits per heavy atom. The third-order valence-electron chi connectivity index (χ3n) is 2.51. The number of aliphatic carboxylic acids is 1. The van der Waals surface area contributed by atoms with E-state index in [-0.39, 0.29) is 0 Å². The lowest BCUT2D eigenvalue weighted by Crippen LogP contribution is -2.55. The fraction of sp³-hybridized carbons (Fsp3) is 0.818. The van der Waals surface area contributed by atoms with E-state index in [0.717, 1.165) is 0 Å². The van der Waals surface area contributed by atoms with Gasteiger partial charge in [0.2, 0.25) is 0 Å². The lowest BCUT2D eigenvalue weighted by molar-refractivity contribution is -0.144. The fourth-order valence-electron chi connectivity index (χ4n) is 1.50. The van der Waals surface area contributed by atoms with Gasteiger partial charge in [0.05, 0.1) is 0 Å². The summed E-state index contributed by atoms with van der Waals surface area (Å²) in [5.74, 6) is -0.528. The average molecular weight is 278 g/mol. The largest absolute Gasteiger partial charge is 0.480 e. The van der Waals surface area contributed by atoms with Crippen molar-refractivity contribution in [3.8, 4) is 0 Å². The Hall–Kier alpha value is -1.11. The monoisotopic (exact) mass is 278 g/mol. The maximum absolute atomic E-state index is 11.5. The molecule has 0 aliphatic carbocycles. The number of urea groups is 1. The van der Waals surface area contributed by atoms with Gasteiger partial charge in [-0.25, -0.2) is 9.59 Å². The molecular formula is C11H22N2O4S. The van der Waals surface area contributed by atoms with Gasteiger partial charge in [-0.3, -0.25) is 4.21 Å². The number of carboxylic acid groups (broad SMARTS) is 1. The number of carbonyl (C=O) groups is 2. The Morgan fingerprint density at radius 1 is 1.39 bits per heavy atom. The van der Waals surface area contributed by atoms with E-state index in [4.69, 9.17) is 5.11 Å². The van der Waals surface area contributed by atoms with Crippen LogP contribution in [0, 0.1) is 0 Å². The molecule has 0 radical (unpaired) electrons. The zero-order chi connectivity index (χ0) is 14.2. The molecule has 106 valence electrons. The van der Waals surface area contributed by atoms with Crippen LogP contribution < -0.4 is 10.6 Å². The Morgan fingerprint density at radius 2 is 2.00 bits per heavy atom. The number of rotatable bonds is 8. The summed E-state index contributed by atoms with van der Waals surface area (Å²) in [6.07, 6.45) is 3.24. The molecule has 0 rings (SSSR count). The molecular weight excluding hydrogens is 256 g/mol. The zero-order valence-corrected chi connectivity index (χ0v) is 11.9. The number of amides is 2. The maximum atomic E-state index is 11.5. The molecule has 7 heteroatoms. The molecule has 0 heterocycles. The molecule has 18 heavy (non-hydrogen) atoms. The third kappa shape index (κ3) is 6.58. The smallest absolute Gasteiger partial charge is 0.329 e. The van der Waals surface area contributed by atoms with E-state index in [0.29, 0.717) is 31.6 Å². The molecule has 0 saturated carbocycles. The minimum Gasteiger partial charge on any atom is -0.480 e. The highest BCUT2D eigenvalue weighted by Gasteiger charge is 2.33. The molecule has 0 saturated heterocycles. The van der Waals surface area contributed by atoms with E-state index in [1.54, 1.807) is 6.26 Å². The molecule has 0 aliphatic rings. The SMILES string of the molecule is CCCC(C)(NC(=O)NCCCS(C)=O)C(=O)O. The van der Waals surface area contributed by atoms with Crippen LogP contribution in [-0.4, -0.2) is 45.4 Å². The van der Waals surface area contributed by atoms with Gasteiger partial charge in [0.15, 0.2) is 0 Å². The van der Waals surface area contributed by atoms with E-state index in [9.17, 15) is 13.8 Å². The van der Waals surface area contributed by atoms with E-state index in [1.807, 2.05) is 6.92 Å². The first-order valence-electron chi connectivity index (χ1n) is 5.91. The minimum absolute atomic E-state index is 0.370. The minimum atomic E-state index is -1.24. The van der Waals surface area contributed by atoms with Crippen LogP contribution in [0.3, 0.4) is 0 Å². The molecule has 2 unspecified atom stereocenters. The summed E-state index contributed by atoms with van der Waals surface area (Å²) >= 11 is 0. The number of carboxylic acids is 1. The Kier molecular flexibility index (Phi) is 7.58. The summed E-state index contributed by atoms with van der Waals surface area (Å²) in [6.45, 7) is 3.73. The van der Waals surface area contributed by atoms with Crippen molar-refractivity contribution in [1.82, 2.24) is 10.6 Å². The quantitative estimate of drug-likeness (QED) is 0.569.